The van der Waals surface area contributed by atoms with Gasteiger partial charge in [-0.3, -0.25) is 4.79 Å². The summed E-state index contributed by atoms with van der Waals surface area (Å²) in [6.07, 6.45) is 2.23. The van der Waals surface area contributed by atoms with E-state index in [0.717, 1.165) is 12.8 Å². The minimum atomic E-state index is 0.244. The molecule has 1 aliphatic carbocycles. The minimum Gasteiger partial charge on any atom is -0.352 e. The van der Waals surface area contributed by atoms with Crippen LogP contribution >= 0.6 is 15.9 Å². The van der Waals surface area contributed by atoms with Gasteiger partial charge in [-0.15, -0.1) is 0 Å². The third-order valence-electron chi connectivity index (χ3n) is 2.22. The van der Waals surface area contributed by atoms with Gasteiger partial charge in [0.1, 0.15) is 0 Å². The van der Waals surface area contributed by atoms with Crippen LogP contribution in [0.25, 0.3) is 0 Å². The molecule has 1 saturated carbocycles. The molecule has 0 unspecified atom stereocenters. The highest BCUT2D eigenvalue weighted by Crippen LogP contribution is 2.36. The second-order valence-corrected chi connectivity index (χ2v) is 3.80. The average molecular weight is 190 g/mol. The Labute approximate surface area is 62.1 Å². The molecule has 2 aliphatic rings. The molecule has 0 aromatic carbocycles. The molecule has 1 heterocycles. The van der Waals surface area contributed by atoms with Crippen molar-refractivity contribution in [1.29, 1.82) is 0 Å². The van der Waals surface area contributed by atoms with Crippen molar-refractivity contribution >= 4 is 21.8 Å². The fourth-order valence-corrected chi connectivity index (χ4v) is 2.58. The monoisotopic (exact) mass is 189 g/mol. The lowest BCUT2D eigenvalue weighted by molar-refractivity contribution is -0.123. The first-order valence-corrected chi connectivity index (χ1v) is 4.15. The standard InChI is InChI=1S/C6H8BrNO/c7-5-3-1-2-4(5)8-6(3)9/h3-5H,1-2H2,(H,8,9)/t3-,4+,5-/m0/s1. The molecule has 2 rings (SSSR count). The maximum Gasteiger partial charge on any atom is 0.224 e. The highest BCUT2D eigenvalue weighted by molar-refractivity contribution is 9.09. The van der Waals surface area contributed by atoms with Gasteiger partial charge >= 0.3 is 0 Å². The zero-order valence-electron chi connectivity index (χ0n) is 4.93. The summed E-state index contributed by atoms with van der Waals surface area (Å²) in [7, 11) is 0. The zero-order valence-corrected chi connectivity index (χ0v) is 6.52. The predicted octanol–water partition coefficient (Wildman–Crippen LogP) is 0.658. The molecule has 9 heavy (non-hydrogen) atoms. The summed E-state index contributed by atoms with van der Waals surface area (Å²) in [5, 5.41) is 2.92. The Morgan fingerprint density at radius 2 is 2.33 bits per heavy atom. The van der Waals surface area contributed by atoms with E-state index in [1.807, 2.05) is 0 Å². The smallest absolute Gasteiger partial charge is 0.224 e. The first kappa shape index (κ1) is 5.71. The van der Waals surface area contributed by atoms with Crippen LogP contribution in [0.4, 0.5) is 0 Å². The number of amides is 1. The topological polar surface area (TPSA) is 29.1 Å². The van der Waals surface area contributed by atoms with Crippen LogP contribution in [0.2, 0.25) is 0 Å². The maximum absolute atomic E-state index is 10.9. The van der Waals surface area contributed by atoms with Crippen LogP contribution in [0.3, 0.4) is 0 Å². The van der Waals surface area contributed by atoms with E-state index >= 15 is 0 Å². The van der Waals surface area contributed by atoms with Crippen LogP contribution in [0, 0.1) is 5.92 Å². The third kappa shape index (κ3) is 0.641. The Balaban J connectivity index is 2.26. The molecule has 0 spiro atoms. The molecule has 1 N–H and O–H groups in total. The highest BCUT2D eigenvalue weighted by atomic mass is 79.9. The number of alkyl halides is 1. The van der Waals surface area contributed by atoms with Crippen molar-refractivity contribution in [3.8, 4) is 0 Å². The number of rotatable bonds is 0. The molecular formula is C6H8BrNO. The van der Waals surface area contributed by atoms with E-state index in [4.69, 9.17) is 0 Å². The van der Waals surface area contributed by atoms with Gasteiger partial charge in [-0.25, -0.2) is 0 Å². The summed E-state index contributed by atoms with van der Waals surface area (Å²) in [6, 6.07) is 0.433. The van der Waals surface area contributed by atoms with E-state index in [0.29, 0.717) is 10.9 Å². The van der Waals surface area contributed by atoms with Crippen molar-refractivity contribution in [1.82, 2.24) is 5.32 Å². The number of carbonyl (C=O) groups excluding carboxylic acids is 1. The molecule has 3 heteroatoms. The van der Waals surface area contributed by atoms with Gasteiger partial charge in [0.25, 0.3) is 0 Å². The fourth-order valence-electron chi connectivity index (χ4n) is 1.68. The largest absolute Gasteiger partial charge is 0.352 e. The van der Waals surface area contributed by atoms with E-state index in [1.165, 1.54) is 0 Å². The van der Waals surface area contributed by atoms with Crippen molar-refractivity contribution in [2.24, 2.45) is 5.92 Å². The second-order valence-electron chi connectivity index (χ2n) is 2.74. The van der Waals surface area contributed by atoms with Gasteiger partial charge in [-0.05, 0) is 12.8 Å². The molecule has 0 radical (unpaired) electrons. The first-order chi connectivity index (χ1) is 4.29. The normalized spacial score (nSPS) is 47.7. The van der Waals surface area contributed by atoms with Crippen LogP contribution in [0.1, 0.15) is 12.8 Å². The van der Waals surface area contributed by atoms with E-state index in [1.54, 1.807) is 0 Å². The summed E-state index contributed by atoms with van der Waals surface area (Å²) >= 11 is 3.49. The SMILES string of the molecule is O=C1N[C@@H]2CC[C@H]1[C@@H]2Br. The molecule has 0 aromatic rings. The number of hydrogen-bond acceptors (Lipinski definition) is 1. The minimum absolute atomic E-state index is 0.244. The summed E-state index contributed by atoms with van der Waals surface area (Å²) in [4.78, 5) is 11.3. The number of fused-ring (bicyclic) bond motifs is 2. The summed E-state index contributed by atoms with van der Waals surface area (Å²) in [5.41, 5.74) is 0. The Bertz CT molecular complexity index is 159. The summed E-state index contributed by atoms with van der Waals surface area (Å²) in [6.45, 7) is 0. The first-order valence-electron chi connectivity index (χ1n) is 3.23. The van der Waals surface area contributed by atoms with Gasteiger partial charge < -0.3 is 5.32 Å². The van der Waals surface area contributed by atoms with Gasteiger partial charge in [0.2, 0.25) is 5.91 Å². The van der Waals surface area contributed by atoms with Crippen LogP contribution in [-0.2, 0) is 4.79 Å². The molecule has 1 saturated heterocycles. The van der Waals surface area contributed by atoms with Crippen LogP contribution in [0.5, 0.6) is 0 Å². The third-order valence-corrected chi connectivity index (χ3v) is 3.50. The zero-order chi connectivity index (χ0) is 6.43. The number of hydrogen-bond donors (Lipinski definition) is 1. The number of carbonyl (C=O) groups is 1. The molecule has 2 bridgehead atoms. The molecule has 1 amide bonds. The van der Waals surface area contributed by atoms with Crippen LogP contribution < -0.4 is 5.32 Å². The lowest BCUT2D eigenvalue weighted by atomic mass is 10.1. The van der Waals surface area contributed by atoms with Crippen molar-refractivity contribution in [2.75, 3.05) is 0 Å². The fraction of sp³-hybridized carbons (Fsp3) is 0.833. The van der Waals surface area contributed by atoms with Gasteiger partial charge in [0.15, 0.2) is 0 Å². The number of halogens is 1. The molecule has 3 atom stereocenters. The van der Waals surface area contributed by atoms with Crippen molar-refractivity contribution in [2.45, 2.75) is 23.7 Å². The summed E-state index contributed by atoms with van der Waals surface area (Å²) in [5.74, 6) is 0.517. The Kier molecular flexibility index (Phi) is 1.09. The Morgan fingerprint density at radius 1 is 1.56 bits per heavy atom. The molecule has 2 nitrogen and oxygen atoms in total. The molecule has 1 aliphatic heterocycles. The Hall–Kier alpha value is -0.0500. The molecular weight excluding hydrogens is 182 g/mol. The lowest BCUT2D eigenvalue weighted by Gasteiger charge is -2.08. The average Bonchev–Trinajstić information content (AvgIpc) is 2.25. The van der Waals surface area contributed by atoms with Gasteiger partial charge in [0.05, 0.1) is 5.92 Å². The van der Waals surface area contributed by atoms with E-state index < -0.39 is 0 Å². The second kappa shape index (κ2) is 1.72. The molecule has 2 fully saturated rings. The summed E-state index contributed by atoms with van der Waals surface area (Å²) < 4.78 is 0. The quantitative estimate of drug-likeness (QED) is 0.558. The van der Waals surface area contributed by atoms with Crippen LogP contribution in [0.15, 0.2) is 0 Å². The number of piperidine rings is 1. The van der Waals surface area contributed by atoms with Crippen molar-refractivity contribution in [3.63, 3.8) is 0 Å². The lowest BCUT2D eigenvalue weighted by Crippen LogP contribution is -2.30. The predicted molar refractivity (Wildman–Crippen MR) is 37.4 cm³/mol. The van der Waals surface area contributed by atoms with Gasteiger partial charge in [-0.2, -0.15) is 0 Å². The Morgan fingerprint density at radius 3 is 2.56 bits per heavy atom. The molecule has 0 aromatic heterocycles. The van der Waals surface area contributed by atoms with E-state index in [9.17, 15) is 4.79 Å². The van der Waals surface area contributed by atoms with Crippen molar-refractivity contribution < 1.29 is 4.79 Å². The van der Waals surface area contributed by atoms with Gasteiger partial charge in [0, 0.05) is 10.9 Å². The molecule has 50 valence electrons. The van der Waals surface area contributed by atoms with Crippen molar-refractivity contribution in [3.05, 3.63) is 0 Å². The highest BCUT2D eigenvalue weighted by Gasteiger charge is 2.45. The maximum atomic E-state index is 10.9. The van der Waals surface area contributed by atoms with Gasteiger partial charge in [-0.1, -0.05) is 15.9 Å². The van der Waals surface area contributed by atoms with Crippen LogP contribution in [-0.4, -0.2) is 16.8 Å². The van der Waals surface area contributed by atoms with E-state index in [2.05, 4.69) is 21.2 Å². The van der Waals surface area contributed by atoms with E-state index in [-0.39, 0.29) is 11.8 Å². The number of nitrogens with one attached hydrogen (secondary N) is 1.